The van der Waals surface area contributed by atoms with Gasteiger partial charge in [0.15, 0.2) is 0 Å². The minimum absolute atomic E-state index is 0.0550. The molecule has 0 spiro atoms. The molecule has 2 nitrogen and oxygen atoms in total. The predicted molar refractivity (Wildman–Crippen MR) is 131 cm³/mol. The SMILES string of the molecule is CCC[CH2][Sn]([CH2]CCC)([CH2]CCC)[c]1ccc2c(=O)c3cc(F)ccc3n(C)c2c1. The Hall–Kier alpha value is -1.36. The topological polar surface area (TPSA) is 22.0 Å². The second-order valence-corrected chi connectivity index (χ2v) is 22.1. The fraction of sp³-hybridized carbons (Fsp3) is 0.500. The molecule has 0 aliphatic rings. The Bertz CT molecular complexity index is 1050. The first kappa shape index (κ1) is 23.3. The van der Waals surface area contributed by atoms with Crippen LogP contribution < -0.4 is 9.01 Å². The summed E-state index contributed by atoms with van der Waals surface area (Å²) in [4.78, 5) is 13.1. The van der Waals surface area contributed by atoms with E-state index in [1.54, 1.807) is 9.65 Å². The van der Waals surface area contributed by atoms with Crippen molar-refractivity contribution >= 4 is 43.8 Å². The number of nitrogens with zero attached hydrogens (tertiary/aromatic N) is 1. The zero-order valence-electron chi connectivity index (χ0n) is 19.1. The number of hydrogen-bond acceptors (Lipinski definition) is 1. The number of halogens is 1. The average molecular weight is 516 g/mol. The Balaban J connectivity index is 2.23. The van der Waals surface area contributed by atoms with E-state index in [0.717, 1.165) is 11.0 Å². The van der Waals surface area contributed by atoms with E-state index in [2.05, 4.69) is 37.5 Å². The van der Waals surface area contributed by atoms with Crippen LogP contribution in [0.5, 0.6) is 0 Å². The summed E-state index contributed by atoms with van der Waals surface area (Å²) in [6.07, 6.45) is 7.70. The Kier molecular flexibility index (Phi) is 8.00. The van der Waals surface area contributed by atoms with Crippen molar-refractivity contribution in [1.82, 2.24) is 4.57 Å². The molecule has 0 aliphatic carbocycles. The van der Waals surface area contributed by atoms with Crippen molar-refractivity contribution in [3.05, 3.63) is 52.4 Å². The van der Waals surface area contributed by atoms with Gasteiger partial charge in [0.1, 0.15) is 0 Å². The van der Waals surface area contributed by atoms with Crippen molar-refractivity contribution < 1.29 is 4.39 Å². The Labute approximate surface area is 184 Å². The Morgan fingerprint density at radius 3 is 1.97 bits per heavy atom. The van der Waals surface area contributed by atoms with E-state index in [0.29, 0.717) is 10.8 Å². The molecule has 0 saturated heterocycles. The summed E-state index contributed by atoms with van der Waals surface area (Å²) in [5.74, 6) is -0.357. The van der Waals surface area contributed by atoms with Gasteiger partial charge < -0.3 is 0 Å². The van der Waals surface area contributed by atoms with Gasteiger partial charge in [-0.3, -0.25) is 0 Å². The van der Waals surface area contributed by atoms with Crippen molar-refractivity contribution in [2.45, 2.75) is 72.6 Å². The van der Waals surface area contributed by atoms with Crippen LogP contribution >= 0.6 is 0 Å². The molecule has 4 heteroatoms. The zero-order chi connectivity index (χ0) is 21.7. The van der Waals surface area contributed by atoms with Crippen molar-refractivity contribution in [3.63, 3.8) is 0 Å². The van der Waals surface area contributed by atoms with E-state index in [1.165, 1.54) is 64.0 Å². The predicted octanol–water partition coefficient (Wildman–Crippen LogP) is 6.89. The molecule has 0 atom stereocenters. The second kappa shape index (κ2) is 10.3. The molecule has 0 N–H and O–H groups in total. The number of hydrogen-bond donors (Lipinski definition) is 0. The fourth-order valence-electron chi connectivity index (χ4n) is 4.94. The maximum atomic E-state index is 13.8. The number of benzene rings is 2. The van der Waals surface area contributed by atoms with Gasteiger partial charge >= 0.3 is 185 Å². The number of aryl methyl sites for hydroxylation is 1. The molecule has 0 aliphatic heterocycles. The molecule has 1 heterocycles. The van der Waals surface area contributed by atoms with Crippen molar-refractivity contribution in [1.29, 1.82) is 0 Å². The molecule has 0 saturated carbocycles. The van der Waals surface area contributed by atoms with Gasteiger partial charge in [0.2, 0.25) is 0 Å². The fourth-order valence-corrected chi connectivity index (χ4v) is 20.9. The monoisotopic (exact) mass is 517 g/mol. The van der Waals surface area contributed by atoms with Gasteiger partial charge in [-0.15, -0.1) is 0 Å². The molecule has 0 unspecified atom stereocenters. The number of fused-ring (bicyclic) bond motifs is 2. The van der Waals surface area contributed by atoms with Crippen LogP contribution in [0.3, 0.4) is 0 Å². The van der Waals surface area contributed by atoms with E-state index in [4.69, 9.17) is 0 Å². The number of rotatable bonds is 10. The average Bonchev–Trinajstić information content (AvgIpc) is 2.77. The van der Waals surface area contributed by atoms with Gasteiger partial charge in [-0.25, -0.2) is 0 Å². The molecule has 0 radical (unpaired) electrons. The molecule has 2 aromatic carbocycles. The van der Waals surface area contributed by atoms with Gasteiger partial charge in [0.05, 0.1) is 0 Å². The third-order valence-corrected chi connectivity index (χ3v) is 22.4. The van der Waals surface area contributed by atoms with Gasteiger partial charge in [-0.2, -0.15) is 0 Å². The molecular formula is C26H36FNOSn. The normalized spacial score (nSPS) is 12.2. The van der Waals surface area contributed by atoms with Gasteiger partial charge in [0.25, 0.3) is 0 Å². The van der Waals surface area contributed by atoms with Crippen LogP contribution in [0.4, 0.5) is 4.39 Å². The summed E-state index contributed by atoms with van der Waals surface area (Å²) >= 11 is -2.57. The summed E-state index contributed by atoms with van der Waals surface area (Å²) < 4.78 is 21.7. The van der Waals surface area contributed by atoms with Gasteiger partial charge in [0, 0.05) is 0 Å². The minimum atomic E-state index is -2.57. The van der Waals surface area contributed by atoms with E-state index < -0.39 is 18.4 Å². The van der Waals surface area contributed by atoms with Gasteiger partial charge in [-0.05, 0) is 0 Å². The molecule has 3 rings (SSSR count). The van der Waals surface area contributed by atoms with Crippen molar-refractivity contribution in [3.8, 4) is 0 Å². The zero-order valence-corrected chi connectivity index (χ0v) is 21.9. The molecule has 0 bridgehead atoms. The van der Waals surface area contributed by atoms with Crippen LogP contribution in [-0.2, 0) is 7.05 Å². The molecule has 0 amide bonds. The van der Waals surface area contributed by atoms with Crippen LogP contribution in [0, 0.1) is 5.82 Å². The Morgan fingerprint density at radius 1 is 0.800 bits per heavy atom. The van der Waals surface area contributed by atoms with Crippen LogP contribution in [0.15, 0.2) is 41.2 Å². The van der Waals surface area contributed by atoms with E-state index in [9.17, 15) is 9.18 Å². The summed E-state index contributed by atoms with van der Waals surface area (Å²) in [6.45, 7) is 6.89. The first-order valence-corrected chi connectivity index (χ1v) is 19.2. The van der Waals surface area contributed by atoms with E-state index >= 15 is 0 Å². The molecule has 1 aromatic heterocycles. The third kappa shape index (κ3) is 4.61. The van der Waals surface area contributed by atoms with Crippen LogP contribution in [-0.4, -0.2) is 22.9 Å². The van der Waals surface area contributed by atoms with E-state index in [-0.39, 0.29) is 11.2 Å². The first-order chi connectivity index (χ1) is 14.5. The number of aromatic nitrogens is 1. The molecule has 30 heavy (non-hydrogen) atoms. The maximum absolute atomic E-state index is 13.8. The first-order valence-electron chi connectivity index (χ1n) is 11.7. The third-order valence-electron chi connectivity index (χ3n) is 6.81. The van der Waals surface area contributed by atoms with E-state index in [1.807, 2.05) is 13.1 Å². The number of unbranched alkanes of at least 4 members (excludes halogenated alkanes) is 3. The second-order valence-electron chi connectivity index (χ2n) is 8.87. The quantitative estimate of drug-likeness (QED) is 0.213. The summed E-state index contributed by atoms with van der Waals surface area (Å²) in [6, 6.07) is 11.2. The molecule has 0 fully saturated rings. The van der Waals surface area contributed by atoms with Crippen molar-refractivity contribution in [2.24, 2.45) is 7.05 Å². The van der Waals surface area contributed by atoms with Crippen LogP contribution in [0.1, 0.15) is 59.3 Å². The number of pyridine rings is 1. The Morgan fingerprint density at radius 2 is 1.40 bits per heavy atom. The van der Waals surface area contributed by atoms with Crippen LogP contribution in [0.2, 0.25) is 13.3 Å². The molecule has 162 valence electrons. The van der Waals surface area contributed by atoms with Crippen LogP contribution in [0.25, 0.3) is 21.8 Å². The summed E-state index contributed by atoms with van der Waals surface area (Å²) in [5, 5.41) is 1.18. The molecule has 3 aromatic rings. The molecular weight excluding hydrogens is 480 g/mol. The van der Waals surface area contributed by atoms with Crippen molar-refractivity contribution in [2.75, 3.05) is 0 Å². The summed E-state index contributed by atoms with van der Waals surface area (Å²) in [5.41, 5.74) is 1.75. The van der Waals surface area contributed by atoms with Gasteiger partial charge in [-0.1, -0.05) is 0 Å². The standard InChI is InChI=1S/C14H9FNO.3C4H9.Sn/c1-16-12-5-3-2-4-10(12)14(17)11-8-9(15)6-7-13(11)16;3*1-3-4-2;/h2,4-8H,1H3;3*1,3-4H2,2H3;. The summed E-state index contributed by atoms with van der Waals surface area (Å²) in [7, 11) is 2.01.